The second-order valence-corrected chi connectivity index (χ2v) is 4.05. The molecule has 7 heteroatoms. The van der Waals surface area contributed by atoms with Crippen molar-refractivity contribution in [1.82, 2.24) is 9.88 Å². The number of halogens is 1. The van der Waals surface area contributed by atoms with Crippen molar-refractivity contribution in [1.29, 1.82) is 0 Å². The van der Waals surface area contributed by atoms with Crippen LogP contribution in [0.3, 0.4) is 0 Å². The molecule has 0 unspecified atom stereocenters. The van der Waals surface area contributed by atoms with Gasteiger partial charge in [0.05, 0.1) is 6.10 Å². The van der Waals surface area contributed by atoms with E-state index in [4.69, 9.17) is 5.11 Å². The molecular formula is C11H11FN2O4. The Kier molecular flexibility index (Phi) is 3.24. The molecular weight excluding hydrogens is 243 g/mol. The first-order chi connectivity index (χ1) is 8.49. The molecule has 2 N–H and O–H groups in total. The number of likely N-dealkylation sites (tertiary alicyclic amines) is 1. The lowest BCUT2D eigenvalue weighted by molar-refractivity contribution is -0.141. The summed E-state index contributed by atoms with van der Waals surface area (Å²) < 4.78 is 12.9. The maximum atomic E-state index is 12.9. The molecule has 96 valence electrons. The summed E-state index contributed by atoms with van der Waals surface area (Å²) in [5, 5.41) is 18.4. The number of β-amino-alcohol motifs (C(OH)–C–C–N with tert-alkyl or cyclic N) is 1. The van der Waals surface area contributed by atoms with Crippen LogP contribution in [0.25, 0.3) is 0 Å². The lowest BCUT2D eigenvalue weighted by Crippen LogP contribution is -2.41. The number of amides is 1. The third-order valence-corrected chi connectivity index (χ3v) is 2.76. The fourth-order valence-electron chi connectivity index (χ4n) is 1.95. The summed E-state index contributed by atoms with van der Waals surface area (Å²) in [6, 6.07) is 2.61. The molecule has 0 bridgehead atoms. The number of carboxylic acid groups (broad SMARTS) is 1. The van der Waals surface area contributed by atoms with Crippen LogP contribution in [0.15, 0.2) is 18.2 Å². The van der Waals surface area contributed by atoms with Crippen LogP contribution in [0.2, 0.25) is 0 Å². The number of carbonyl (C=O) groups is 2. The summed E-state index contributed by atoms with van der Waals surface area (Å²) in [6.45, 7) is -0.0893. The van der Waals surface area contributed by atoms with Gasteiger partial charge >= 0.3 is 5.97 Å². The van der Waals surface area contributed by atoms with Gasteiger partial charge in [0.2, 0.25) is 5.95 Å². The summed E-state index contributed by atoms with van der Waals surface area (Å²) in [4.78, 5) is 27.3. The van der Waals surface area contributed by atoms with Gasteiger partial charge in [0.25, 0.3) is 5.91 Å². The molecule has 18 heavy (non-hydrogen) atoms. The quantitative estimate of drug-likeness (QED) is 0.718. The summed E-state index contributed by atoms with van der Waals surface area (Å²) in [5.74, 6) is -2.71. The van der Waals surface area contributed by atoms with Crippen LogP contribution in [0.4, 0.5) is 4.39 Å². The standard InChI is InChI=1S/C11H11FN2O4/c12-9-3-1-2-7(13-9)10(16)14-5-6(15)4-8(14)11(17)18/h1-3,6,8,15H,4-5H2,(H,17,18)/t6-,8-/m1/s1. The first kappa shape index (κ1) is 12.4. The smallest absolute Gasteiger partial charge is 0.326 e. The summed E-state index contributed by atoms with van der Waals surface area (Å²) in [6.07, 6.45) is -0.917. The maximum Gasteiger partial charge on any atom is 0.326 e. The highest BCUT2D eigenvalue weighted by Crippen LogP contribution is 2.20. The van der Waals surface area contributed by atoms with Crippen molar-refractivity contribution in [3.63, 3.8) is 0 Å². The molecule has 2 rings (SSSR count). The van der Waals surface area contributed by atoms with E-state index in [0.29, 0.717) is 0 Å². The number of hydrogen-bond acceptors (Lipinski definition) is 4. The SMILES string of the molecule is O=C(O)[C@H]1C[C@@H](O)CN1C(=O)c1cccc(F)n1. The first-order valence-electron chi connectivity index (χ1n) is 5.33. The molecule has 0 spiro atoms. The molecule has 0 aliphatic carbocycles. The van der Waals surface area contributed by atoms with E-state index < -0.39 is 30.0 Å². The van der Waals surface area contributed by atoms with Gasteiger partial charge in [0.15, 0.2) is 0 Å². The third-order valence-electron chi connectivity index (χ3n) is 2.76. The Morgan fingerprint density at radius 1 is 1.44 bits per heavy atom. The van der Waals surface area contributed by atoms with Crippen LogP contribution >= 0.6 is 0 Å². The van der Waals surface area contributed by atoms with E-state index in [1.54, 1.807) is 0 Å². The second-order valence-electron chi connectivity index (χ2n) is 4.05. The van der Waals surface area contributed by atoms with Gasteiger partial charge in [-0.3, -0.25) is 4.79 Å². The van der Waals surface area contributed by atoms with Crippen LogP contribution < -0.4 is 0 Å². The molecule has 0 radical (unpaired) electrons. The van der Waals surface area contributed by atoms with E-state index >= 15 is 0 Å². The number of aliphatic hydroxyl groups is 1. The van der Waals surface area contributed by atoms with E-state index in [1.165, 1.54) is 12.1 Å². The largest absolute Gasteiger partial charge is 0.480 e. The molecule has 2 heterocycles. The molecule has 1 aromatic rings. The van der Waals surface area contributed by atoms with Gasteiger partial charge < -0.3 is 15.1 Å². The second kappa shape index (κ2) is 4.69. The zero-order chi connectivity index (χ0) is 13.3. The number of rotatable bonds is 2. The Balaban J connectivity index is 2.25. The highest BCUT2D eigenvalue weighted by Gasteiger charge is 2.39. The predicted molar refractivity (Wildman–Crippen MR) is 57.3 cm³/mol. The zero-order valence-electron chi connectivity index (χ0n) is 9.28. The van der Waals surface area contributed by atoms with E-state index in [2.05, 4.69) is 4.98 Å². The van der Waals surface area contributed by atoms with Gasteiger partial charge in [-0.05, 0) is 12.1 Å². The van der Waals surface area contributed by atoms with Crippen molar-refractivity contribution in [2.75, 3.05) is 6.54 Å². The van der Waals surface area contributed by atoms with Crippen LogP contribution in [0.5, 0.6) is 0 Å². The highest BCUT2D eigenvalue weighted by atomic mass is 19.1. The maximum absolute atomic E-state index is 12.9. The van der Waals surface area contributed by atoms with Crippen molar-refractivity contribution in [2.45, 2.75) is 18.6 Å². The zero-order valence-corrected chi connectivity index (χ0v) is 9.28. The number of aliphatic hydroxyl groups excluding tert-OH is 1. The van der Waals surface area contributed by atoms with Crippen molar-refractivity contribution in [2.24, 2.45) is 0 Å². The van der Waals surface area contributed by atoms with Crippen molar-refractivity contribution in [3.05, 3.63) is 29.8 Å². The number of carboxylic acids is 1. The first-order valence-corrected chi connectivity index (χ1v) is 5.33. The Bertz CT molecular complexity index is 494. The van der Waals surface area contributed by atoms with Gasteiger partial charge in [-0.2, -0.15) is 4.39 Å². The number of aromatic nitrogens is 1. The van der Waals surface area contributed by atoms with E-state index in [9.17, 15) is 19.1 Å². The van der Waals surface area contributed by atoms with Crippen LogP contribution in [0, 0.1) is 5.95 Å². The average molecular weight is 254 g/mol. The van der Waals surface area contributed by atoms with Crippen LogP contribution in [-0.2, 0) is 4.79 Å². The number of pyridine rings is 1. The molecule has 1 amide bonds. The minimum absolute atomic E-state index is 0.0314. The highest BCUT2D eigenvalue weighted by molar-refractivity contribution is 5.95. The summed E-state index contributed by atoms with van der Waals surface area (Å²) >= 11 is 0. The Morgan fingerprint density at radius 3 is 2.78 bits per heavy atom. The molecule has 1 fully saturated rings. The molecule has 1 aliphatic heterocycles. The van der Waals surface area contributed by atoms with Gasteiger partial charge in [-0.1, -0.05) is 6.07 Å². The monoisotopic (exact) mass is 254 g/mol. The van der Waals surface area contributed by atoms with Crippen molar-refractivity contribution >= 4 is 11.9 Å². The summed E-state index contributed by atoms with van der Waals surface area (Å²) in [7, 11) is 0. The molecule has 2 atom stereocenters. The minimum atomic E-state index is -1.20. The topological polar surface area (TPSA) is 90.7 Å². The molecule has 0 saturated carbocycles. The lowest BCUT2D eigenvalue weighted by atomic mass is 10.2. The van der Waals surface area contributed by atoms with E-state index in [-0.39, 0.29) is 18.7 Å². The van der Waals surface area contributed by atoms with Crippen LogP contribution in [0.1, 0.15) is 16.9 Å². The fraction of sp³-hybridized carbons (Fsp3) is 0.364. The summed E-state index contributed by atoms with van der Waals surface area (Å²) in [5.41, 5.74) is -0.171. The molecule has 0 aromatic carbocycles. The lowest BCUT2D eigenvalue weighted by Gasteiger charge is -2.20. The van der Waals surface area contributed by atoms with Gasteiger partial charge in [0.1, 0.15) is 11.7 Å². The molecule has 6 nitrogen and oxygen atoms in total. The predicted octanol–water partition coefficient (Wildman–Crippen LogP) is -0.119. The molecule has 1 saturated heterocycles. The van der Waals surface area contributed by atoms with Gasteiger partial charge in [-0.15, -0.1) is 0 Å². The molecule has 1 aliphatic rings. The van der Waals surface area contributed by atoms with Gasteiger partial charge in [0, 0.05) is 13.0 Å². The normalized spacial score (nSPS) is 23.1. The Morgan fingerprint density at radius 2 is 2.17 bits per heavy atom. The van der Waals surface area contributed by atoms with E-state index in [1.807, 2.05) is 0 Å². The number of hydrogen-bond donors (Lipinski definition) is 2. The Labute approximate surface area is 102 Å². The molecule has 1 aromatic heterocycles. The number of aliphatic carboxylic acids is 1. The van der Waals surface area contributed by atoms with Crippen molar-refractivity contribution < 1.29 is 24.2 Å². The average Bonchev–Trinajstić information content (AvgIpc) is 2.70. The van der Waals surface area contributed by atoms with Crippen LogP contribution in [-0.4, -0.2) is 50.7 Å². The fourth-order valence-corrected chi connectivity index (χ4v) is 1.95. The minimum Gasteiger partial charge on any atom is -0.480 e. The third kappa shape index (κ3) is 2.30. The van der Waals surface area contributed by atoms with Crippen molar-refractivity contribution in [3.8, 4) is 0 Å². The number of nitrogens with zero attached hydrogens (tertiary/aromatic N) is 2. The number of carbonyl (C=O) groups excluding carboxylic acids is 1. The van der Waals surface area contributed by atoms with E-state index in [0.717, 1.165) is 11.0 Å². The van der Waals surface area contributed by atoms with Gasteiger partial charge in [-0.25, -0.2) is 9.78 Å². The Hall–Kier alpha value is -2.02.